The van der Waals surface area contributed by atoms with Gasteiger partial charge in [-0.1, -0.05) is 188 Å². The number of para-hydroxylation sites is 2. The predicted octanol–water partition coefficient (Wildman–Crippen LogP) is 14.9. The van der Waals surface area contributed by atoms with Gasteiger partial charge in [-0.15, -0.1) is 22.7 Å². The first-order chi connectivity index (χ1) is 35.9. The molecule has 9 aromatic carbocycles. The van der Waals surface area contributed by atoms with Crippen LogP contribution in [0.15, 0.2) is 218 Å². The third kappa shape index (κ3) is 4.25. The summed E-state index contributed by atoms with van der Waals surface area (Å²) < 4.78 is 28.8. The number of nitrogens with zero attached hydrogens (tertiary/aromatic N) is 2. The van der Waals surface area contributed by atoms with Gasteiger partial charge in [0.05, 0.1) is 22.2 Å². The van der Waals surface area contributed by atoms with Crippen molar-refractivity contribution in [2.24, 2.45) is 0 Å². The molecule has 2 spiro atoms. The third-order valence-corrected chi connectivity index (χ3v) is 19.3. The largest absolute Gasteiger partial charge is 0.310 e. The van der Waals surface area contributed by atoms with Crippen LogP contribution in [0.2, 0.25) is 0 Å². The van der Waals surface area contributed by atoms with Crippen LogP contribution in [0.1, 0.15) is 52.8 Å². The maximum Gasteiger partial charge on any atom is 0.277 e. The van der Waals surface area contributed by atoms with Gasteiger partial charge in [0.1, 0.15) is 0 Å². The quantitative estimate of drug-likeness (QED) is 0.159. The van der Waals surface area contributed by atoms with Crippen LogP contribution in [-0.4, -0.2) is 6.71 Å². The molecule has 70 heavy (non-hydrogen) atoms. The van der Waals surface area contributed by atoms with E-state index in [1.54, 1.807) is 0 Å². The summed E-state index contributed by atoms with van der Waals surface area (Å²) in [7, 11) is 0. The molecule has 4 aliphatic carbocycles. The monoisotopic (exact) mass is 925 g/mol. The Hall–Kier alpha value is -7.96. The first-order valence-electron chi connectivity index (χ1n) is 25.7. The lowest BCUT2D eigenvalue weighted by Crippen LogP contribution is -2.59. The van der Waals surface area contributed by atoms with Crippen molar-refractivity contribution in [2.75, 3.05) is 9.80 Å². The molecule has 11 aromatic rings. The summed E-state index contributed by atoms with van der Waals surface area (Å²) in [6.45, 7) is -2.39. The van der Waals surface area contributed by atoms with Gasteiger partial charge in [-0.05, 0) is 115 Å². The number of anilines is 6. The molecule has 17 rings (SSSR count). The molecule has 2 nitrogen and oxygen atoms in total. The molecule has 2 aliphatic heterocycles. The van der Waals surface area contributed by atoms with Crippen molar-refractivity contribution in [1.29, 1.82) is 0 Å². The Labute approximate surface area is 419 Å². The highest BCUT2D eigenvalue weighted by Crippen LogP contribution is 2.69. The Morgan fingerprint density at radius 1 is 0.386 bits per heavy atom. The van der Waals surface area contributed by atoms with Crippen molar-refractivity contribution in [2.45, 2.75) is 17.7 Å². The molecule has 0 N–H and O–H groups in total. The fraction of sp³-hybridized carbons (Fsp3) is 0.0462. The molecule has 324 valence electrons. The molecular formula is C65H39BN2S2. The molecule has 0 saturated carbocycles. The van der Waals surface area contributed by atoms with Crippen LogP contribution >= 0.6 is 22.7 Å². The van der Waals surface area contributed by atoms with E-state index in [0.29, 0.717) is 5.56 Å². The van der Waals surface area contributed by atoms with E-state index in [9.17, 15) is 0 Å². The smallest absolute Gasteiger partial charge is 0.277 e. The summed E-state index contributed by atoms with van der Waals surface area (Å²) in [4.78, 5) is 7.78. The molecule has 6 aliphatic rings. The van der Waals surface area contributed by atoms with E-state index in [1.807, 2.05) is 34.8 Å². The molecule has 2 aromatic heterocycles. The van der Waals surface area contributed by atoms with E-state index >= 15 is 0 Å². The average molecular weight is 926 g/mol. The SMILES string of the molecule is [2H]C([2H])([2H])c1ccc2c(c1)C1(c3ccccc3-2)c2ccccc2-c2c1sc1c2N(c2ccccc2)c2cccc3c2B1c1sc2c(c1N3c1ccccc1)-c1ccccc1C21c2ccccc2-c2ccccc21. The molecule has 0 bridgehead atoms. The Balaban J connectivity index is 1.03. The molecule has 0 fully saturated rings. The van der Waals surface area contributed by atoms with Crippen LogP contribution in [0, 0.1) is 6.85 Å². The first-order valence-corrected chi connectivity index (χ1v) is 25.8. The summed E-state index contributed by atoms with van der Waals surface area (Å²) in [6.07, 6.45) is 0. The Morgan fingerprint density at radius 3 is 1.23 bits per heavy atom. The molecule has 5 heteroatoms. The standard InChI is InChI=1S/C65H39BN2S2/c1-38-35-36-44-43-25-10-15-30-49(43)65(52(44)37-38)51-32-17-12-27-46(51)56-59-63(70-61(56)65)66-57-53(33-18-34-54(57)68(59)40-21-6-3-7-22-40)67(39-19-4-2-5-20-39)58-55-45-26-11-16-31-50(45)64(60(55)69-62(58)66)47-28-13-8-23-41(47)42-24-9-14-29-48(42)64/h2-37H,1H3/i1D3. The van der Waals surface area contributed by atoms with Gasteiger partial charge in [-0.2, -0.15) is 0 Å². The Bertz CT molecular complexity index is 4200. The van der Waals surface area contributed by atoms with Crippen LogP contribution in [0.4, 0.5) is 34.1 Å². The van der Waals surface area contributed by atoms with Gasteiger partial charge < -0.3 is 9.80 Å². The predicted molar refractivity (Wildman–Crippen MR) is 294 cm³/mol. The zero-order valence-electron chi connectivity index (χ0n) is 40.6. The second-order valence-corrected chi connectivity index (χ2v) is 21.6. The van der Waals surface area contributed by atoms with Crippen LogP contribution in [0.5, 0.6) is 0 Å². The number of hydrogen-bond acceptors (Lipinski definition) is 4. The number of rotatable bonds is 2. The van der Waals surface area contributed by atoms with E-state index in [-0.39, 0.29) is 6.71 Å². The van der Waals surface area contributed by atoms with Gasteiger partial charge >= 0.3 is 0 Å². The minimum Gasteiger partial charge on any atom is -0.310 e. The van der Waals surface area contributed by atoms with E-state index < -0.39 is 17.7 Å². The van der Waals surface area contributed by atoms with E-state index in [2.05, 4.69) is 216 Å². The molecule has 0 saturated heterocycles. The van der Waals surface area contributed by atoms with Crippen molar-refractivity contribution in [3.05, 3.63) is 267 Å². The molecule has 4 heterocycles. The summed E-state index contributed by atoms with van der Waals surface area (Å²) >= 11 is 3.97. The van der Waals surface area contributed by atoms with Crippen LogP contribution in [0.3, 0.4) is 0 Å². The van der Waals surface area contributed by atoms with E-state index in [0.717, 1.165) is 28.1 Å². The van der Waals surface area contributed by atoms with Gasteiger partial charge in [0.2, 0.25) is 0 Å². The first kappa shape index (κ1) is 35.2. The summed E-state index contributed by atoms with van der Waals surface area (Å²) in [5.41, 5.74) is 24.8. The van der Waals surface area contributed by atoms with Gasteiger partial charge in [-0.3, -0.25) is 0 Å². The third-order valence-electron chi connectivity index (χ3n) is 16.5. The van der Waals surface area contributed by atoms with E-state index in [1.165, 1.54) is 109 Å². The Morgan fingerprint density at radius 2 is 0.771 bits per heavy atom. The van der Waals surface area contributed by atoms with Crippen LogP contribution in [0.25, 0.3) is 44.5 Å². The topological polar surface area (TPSA) is 6.48 Å². The summed E-state index contributed by atoms with van der Waals surface area (Å²) in [5.74, 6) is 0. The fourth-order valence-corrected chi connectivity index (χ4v) is 17.6. The number of hydrogen-bond donors (Lipinski definition) is 0. The highest BCUT2D eigenvalue weighted by Gasteiger charge is 2.60. The van der Waals surface area contributed by atoms with Crippen molar-refractivity contribution in [1.82, 2.24) is 0 Å². The van der Waals surface area contributed by atoms with Gasteiger partial charge in [0.25, 0.3) is 6.71 Å². The lowest BCUT2D eigenvalue weighted by molar-refractivity contribution is 0.810. The van der Waals surface area contributed by atoms with Gasteiger partial charge in [0.15, 0.2) is 0 Å². The van der Waals surface area contributed by atoms with Crippen molar-refractivity contribution in [3.63, 3.8) is 0 Å². The van der Waals surface area contributed by atoms with Crippen molar-refractivity contribution in [3.8, 4) is 44.5 Å². The number of aryl methyl sites for hydroxylation is 1. The fourth-order valence-electron chi connectivity index (χ4n) is 14.2. The lowest BCUT2D eigenvalue weighted by atomic mass is 9.39. The molecular weight excluding hydrogens is 884 g/mol. The minimum absolute atomic E-state index is 0.118. The average Bonchev–Trinajstić information content (AvgIpc) is 4.28. The maximum atomic E-state index is 8.73. The molecule has 1 atom stereocenters. The van der Waals surface area contributed by atoms with Crippen molar-refractivity contribution < 1.29 is 4.11 Å². The highest BCUT2D eigenvalue weighted by molar-refractivity contribution is 7.37. The molecule has 1 unspecified atom stereocenters. The second-order valence-electron chi connectivity index (χ2n) is 19.5. The van der Waals surface area contributed by atoms with Crippen LogP contribution in [-0.2, 0) is 10.8 Å². The lowest BCUT2D eigenvalue weighted by Gasteiger charge is -2.42. The minimum atomic E-state index is -2.28. The second kappa shape index (κ2) is 13.2. The number of benzene rings is 9. The number of fused-ring (bicyclic) bond motifs is 26. The normalized spacial score (nSPS) is 17.5. The molecule has 0 amide bonds. The number of thiophene rings is 2. The summed E-state index contributed by atoms with van der Waals surface area (Å²) in [6, 6.07) is 80.1. The highest BCUT2D eigenvalue weighted by atomic mass is 32.1. The summed E-state index contributed by atoms with van der Waals surface area (Å²) in [5, 5.41) is 0. The zero-order valence-corrected chi connectivity index (χ0v) is 39.2. The zero-order chi connectivity index (χ0) is 48.1. The molecule has 0 radical (unpaired) electrons. The Kier molecular flexibility index (Phi) is 6.65. The van der Waals surface area contributed by atoms with Gasteiger partial charge in [0, 0.05) is 57.3 Å². The van der Waals surface area contributed by atoms with Crippen LogP contribution < -0.4 is 24.8 Å². The maximum absolute atomic E-state index is 8.73. The van der Waals surface area contributed by atoms with Gasteiger partial charge in [-0.25, -0.2) is 0 Å². The van der Waals surface area contributed by atoms with E-state index in [4.69, 9.17) is 4.11 Å². The van der Waals surface area contributed by atoms with Crippen molar-refractivity contribution >= 4 is 78.5 Å².